The fraction of sp³-hybridized carbons (Fsp3) is 0.158. The van der Waals surface area contributed by atoms with Gasteiger partial charge in [0.1, 0.15) is 0 Å². The van der Waals surface area contributed by atoms with Gasteiger partial charge in [-0.2, -0.15) is 0 Å². The van der Waals surface area contributed by atoms with Crippen LogP contribution in [0, 0.1) is 0 Å². The molecule has 2 N–H and O–H groups in total. The van der Waals surface area contributed by atoms with Crippen molar-refractivity contribution in [2.75, 3.05) is 0 Å². The fourth-order valence-electron chi connectivity index (χ4n) is 3.12. The highest BCUT2D eigenvalue weighted by Crippen LogP contribution is 2.36. The monoisotopic (exact) mass is 351 g/mol. The minimum atomic E-state index is -0.314. The number of thioether (sulfide) groups is 1. The van der Waals surface area contributed by atoms with Crippen LogP contribution in [0.1, 0.15) is 15.9 Å². The molecule has 3 aromatic rings. The molecule has 126 valence electrons. The highest BCUT2D eigenvalue weighted by molar-refractivity contribution is 8.01. The fourth-order valence-corrected chi connectivity index (χ4v) is 4.31. The summed E-state index contributed by atoms with van der Waals surface area (Å²) in [5.41, 5.74) is 7.80. The number of para-hydroxylation sites is 1. The summed E-state index contributed by atoms with van der Waals surface area (Å²) in [5, 5.41) is 0.643. The molecule has 0 fully saturated rings. The third-order valence-corrected chi connectivity index (χ3v) is 5.70. The maximum atomic E-state index is 12.5. The number of hydrazine groups is 1. The van der Waals surface area contributed by atoms with Gasteiger partial charge in [0.2, 0.25) is 0 Å². The zero-order valence-electron chi connectivity index (χ0n) is 13.7. The zero-order chi connectivity index (χ0) is 17.4. The molecule has 1 atom stereocenters. The number of carbonyl (C=O) groups is 2. The molecule has 1 unspecified atom stereocenters. The van der Waals surface area contributed by atoms with E-state index in [-0.39, 0.29) is 17.1 Å². The van der Waals surface area contributed by atoms with Gasteiger partial charge in [0, 0.05) is 29.0 Å². The van der Waals surface area contributed by atoms with Crippen molar-refractivity contribution in [3.05, 3.63) is 65.9 Å². The minimum absolute atomic E-state index is 0.185. The molecule has 0 saturated carbocycles. The lowest BCUT2D eigenvalue weighted by molar-refractivity contribution is -0.121. The number of aromatic nitrogens is 1. The van der Waals surface area contributed by atoms with Crippen LogP contribution in [0.4, 0.5) is 0 Å². The normalized spacial score (nSPS) is 15.8. The van der Waals surface area contributed by atoms with Gasteiger partial charge < -0.3 is 4.57 Å². The van der Waals surface area contributed by atoms with Crippen LogP contribution >= 0.6 is 11.8 Å². The Bertz CT molecular complexity index is 955. The van der Waals surface area contributed by atoms with Crippen molar-refractivity contribution in [3.8, 4) is 0 Å². The van der Waals surface area contributed by atoms with E-state index in [2.05, 4.69) is 10.9 Å². The van der Waals surface area contributed by atoms with Crippen molar-refractivity contribution in [1.82, 2.24) is 15.4 Å². The molecule has 1 aliphatic heterocycles. The molecule has 0 bridgehead atoms. The van der Waals surface area contributed by atoms with E-state index in [0.29, 0.717) is 12.0 Å². The Morgan fingerprint density at radius 2 is 1.84 bits per heavy atom. The number of rotatable bonds is 2. The molecule has 6 heteroatoms. The number of carbonyl (C=O) groups excluding carboxylic acids is 2. The molecule has 0 spiro atoms. The summed E-state index contributed by atoms with van der Waals surface area (Å²) in [7, 11) is 1.89. The van der Waals surface area contributed by atoms with Gasteiger partial charge in [-0.25, -0.2) is 0 Å². The predicted molar refractivity (Wildman–Crippen MR) is 98.3 cm³/mol. The quantitative estimate of drug-likeness (QED) is 0.698. The zero-order valence-corrected chi connectivity index (χ0v) is 14.5. The summed E-state index contributed by atoms with van der Waals surface area (Å²) in [5.74, 6) is -0.500. The van der Waals surface area contributed by atoms with Gasteiger partial charge in [-0.3, -0.25) is 20.4 Å². The molecule has 0 saturated heterocycles. The molecule has 2 aromatic carbocycles. The molecule has 5 nitrogen and oxygen atoms in total. The van der Waals surface area contributed by atoms with Gasteiger partial charge in [0.05, 0.1) is 10.8 Å². The Morgan fingerprint density at radius 3 is 2.68 bits per heavy atom. The van der Waals surface area contributed by atoms with Gasteiger partial charge >= 0.3 is 0 Å². The first kappa shape index (κ1) is 15.8. The van der Waals surface area contributed by atoms with E-state index in [1.807, 2.05) is 60.1 Å². The second-order valence-electron chi connectivity index (χ2n) is 6.03. The molecular formula is C19H17N3O2S. The maximum Gasteiger partial charge on any atom is 0.271 e. The Labute approximate surface area is 149 Å². The van der Waals surface area contributed by atoms with Crippen molar-refractivity contribution in [1.29, 1.82) is 0 Å². The minimum Gasteiger partial charge on any atom is -0.350 e. The topological polar surface area (TPSA) is 63.1 Å². The van der Waals surface area contributed by atoms with Gasteiger partial charge in [0.25, 0.3) is 11.8 Å². The van der Waals surface area contributed by atoms with Gasteiger partial charge in [-0.1, -0.05) is 36.4 Å². The third kappa shape index (κ3) is 2.89. The number of aryl methyl sites for hydroxylation is 1. The molecule has 1 aliphatic rings. The van der Waals surface area contributed by atoms with Crippen molar-refractivity contribution in [3.63, 3.8) is 0 Å². The van der Waals surface area contributed by atoms with Crippen LogP contribution in [0.2, 0.25) is 0 Å². The van der Waals surface area contributed by atoms with Gasteiger partial charge in [-0.15, -0.1) is 11.8 Å². The summed E-state index contributed by atoms with van der Waals surface area (Å²) >= 11 is 1.53. The third-order valence-electron chi connectivity index (χ3n) is 4.38. The number of hydrogen-bond donors (Lipinski definition) is 2. The second-order valence-corrected chi connectivity index (χ2v) is 7.28. The standard InChI is InChI=1S/C19H17N3O2S/c1-22-11-14(13-7-3-4-8-15(13)22)18(23)20-21-19(24)17-10-12-6-2-5-9-16(12)25-17/h2-9,11,17H,10H2,1H3,(H,20,23)(H,21,24). The van der Waals surface area contributed by atoms with E-state index in [0.717, 1.165) is 15.8 Å². The van der Waals surface area contributed by atoms with Crippen LogP contribution in [-0.2, 0) is 18.3 Å². The largest absolute Gasteiger partial charge is 0.350 e. The first-order valence-corrected chi connectivity index (χ1v) is 8.90. The van der Waals surface area contributed by atoms with Crippen LogP contribution in [0.15, 0.2) is 59.6 Å². The van der Waals surface area contributed by atoms with Crippen LogP contribution < -0.4 is 10.9 Å². The predicted octanol–water partition coefficient (Wildman–Crippen LogP) is 2.66. The Kier molecular flexibility index (Phi) is 3.97. The van der Waals surface area contributed by atoms with Crippen molar-refractivity contribution in [2.24, 2.45) is 7.05 Å². The van der Waals surface area contributed by atoms with Crippen LogP contribution in [0.3, 0.4) is 0 Å². The molecule has 25 heavy (non-hydrogen) atoms. The van der Waals surface area contributed by atoms with E-state index >= 15 is 0 Å². The Hall–Kier alpha value is -2.73. The van der Waals surface area contributed by atoms with Crippen molar-refractivity contribution >= 4 is 34.5 Å². The summed E-state index contributed by atoms with van der Waals surface area (Å²) in [6, 6.07) is 15.7. The Morgan fingerprint density at radius 1 is 1.08 bits per heavy atom. The first-order valence-electron chi connectivity index (χ1n) is 8.02. The SMILES string of the molecule is Cn1cc(C(=O)NNC(=O)C2Cc3ccccc3S2)c2ccccc21. The summed E-state index contributed by atoms with van der Waals surface area (Å²) in [4.78, 5) is 26.0. The summed E-state index contributed by atoms with van der Waals surface area (Å²) < 4.78 is 1.90. The first-order chi connectivity index (χ1) is 12.1. The molecular weight excluding hydrogens is 334 g/mol. The maximum absolute atomic E-state index is 12.5. The molecule has 0 aliphatic carbocycles. The van der Waals surface area contributed by atoms with E-state index < -0.39 is 0 Å². The summed E-state index contributed by atoms with van der Waals surface area (Å²) in [6.07, 6.45) is 2.45. The molecule has 1 aromatic heterocycles. The number of hydrogen-bond acceptors (Lipinski definition) is 3. The van der Waals surface area contributed by atoms with Crippen LogP contribution in [0.5, 0.6) is 0 Å². The number of benzene rings is 2. The number of nitrogens with zero attached hydrogens (tertiary/aromatic N) is 1. The van der Waals surface area contributed by atoms with E-state index in [1.54, 1.807) is 6.20 Å². The van der Waals surface area contributed by atoms with E-state index in [4.69, 9.17) is 0 Å². The molecule has 2 heterocycles. The molecule has 2 amide bonds. The van der Waals surface area contributed by atoms with Crippen molar-refractivity contribution < 1.29 is 9.59 Å². The van der Waals surface area contributed by atoms with Crippen LogP contribution in [0.25, 0.3) is 10.9 Å². The van der Waals surface area contributed by atoms with Crippen LogP contribution in [-0.4, -0.2) is 21.6 Å². The van der Waals surface area contributed by atoms with E-state index in [1.165, 1.54) is 17.3 Å². The highest BCUT2D eigenvalue weighted by atomic mass is 32.2. The van der Waals surface area contributed by atoms with Gasteiger partial charge in [0.15, 0.2) is 0 Å². The smallest absolute Gasteiger partial charge is 0.271 e. The Balaban J connectivity index is 1.43. The van der Waals surface area contributed by atoms with Gasteiger partial charge in [-0.05, 0) is 24.1 Å². The lowest BCUT2D eigenvalue weighted by atomic mass is 10.1. The second kappa shape index (κ2) is 6.29. The number of amides is 2. The lowest BCUT2D eigenvalue weighted by Crippen LogP contribution is -2.45. The van der Waals surface area contributed by atoms with Crippen molar-refractivity contribution in [2.45, 2.75) is 16.6 Å². The number of fused-ring (bicyclic) bond motifs is 2. The lowest BCUT2D eigenvalue weighted by Gasteiger charge is -2.10. The molecule has 0 radical (unpaired) electrons. The summed E-state index contributed by atoms with van der Waals surface area (Å²) in [6.45, 7) is 0. The average molecular weight is 351 g/mol. The highest BCUT2D eigenvalue weighted by Gasteiger charge is 2.28. The number of nitrogens with one attached hydrogen (secondary N) is 2. The average Bonchev–Trinajstić information content (AvgIpc) is 3.21. The van der Waals surface area contributed by atoms with E-state index in [9.17, 15) is 9.59 Å². The molecule has 4 rings (SSSR count).